The number of nitrogens with one attached hydrogen (secondary N) is 1. The quantitative estimate of drug-likeness (QED) is 0.416. The highest BCUT2D eigenvalue weighted by Crippen LogP contribution is 2.29. The van der Waals surface area contributed by atoms with Gasteiger partial charge in [-0.1, -0.05) is 6.07 Å². The summed E-state index contributed by atoms with van der Waals surface area (Å²) in [6.07, 6.45) is 0. The van der Waals surface area contributed by atoms with Crippen LogP contribution in [0.25, 0.3) is 0 Å². The highest BCUT2D eigenvalue weighted by atomic mass is 79.9. The van der Waals surface area contributed by atoms with Gasteiger partial charge >= 0.3 is 0 Å². The second-order valence-corrected chi connectivity index (χ2v) is 3.69. The SMILES string of the molecule is NNc1c(Br)cccc1Br.O=[N+]([O-])O. The Morgan fingerprint density at radius 1 is 1.43 bits per heavy atom. The lowest BCUT2D eigenvalue weighted by molar-refractivity contribution is -0.742. The van der Waals surface area contributed by atoms with Crippen LogP contribution in [0.15, 0.2) is 27.1 Å². The topological polar surface area (TPSA) is 101 Å². The van der Waals surface area contributed by atoms with Crippen molar-refractivity contribution in [3.8, 4) is 0 Å². The Hall–Kier alpha value is -0.860. The second-order valence-electron chi connectivity index (χ2n) is 1.98. The Bertz CT molecular complexity index is 297. The lowest BCUT2D eigenvalue weighted by Gasteiger charge is -2.03. The molecule has 0 heterocycles. The van der Waals surface area contributed by atoms with E-state index in [1.165, 1.54) is 0 Å². The summed E-state index contributed by atoms with van der Waals surface area (Å²) >= 11 is 6.67. The Labute approximate surface area is 96.4 Å². The molecule has 0 saturated heterocycles. The van der Waals surface area contributed by atoms with E-state index in [1.54, 1.807) is 0 Å². The highest BCUT2D eigenvalue weighted by Gasteiger charge is 1.99. The van der Waals surface area contributed by atoms with Crippen LogP contribution in [0, 0.1) is 10.1 Å². The van der Waals surface area contributed by atoms with Gasteiger partial charge in [-0.05, 0) is 44.0 Å². The average Bonchev–Trinajstić information content (AvgIpc) is 2.03. The van der Waals surface area contributed by atoms with Crippen molar-refractivity contribution in [3.63, 3.8) is 0 Å². The van der Waals surface area contributed by atoms with Gasteiger partial charge in [0, 0.05) is 8.95 Å². The Morgan fingerprint density at radius 2 is 1.79 bits per heavy atom. The standard InChI is InChI=1S/C6H6Br2N2.HNO3/c7-4-2-1-3-5(8)6(4)10-9;2-1(3)4/h1-3,10H,9H2;(H,2,3,4). The minimum atomic E-state index is -1.50. The summed E-state index contributed by atoms with van der Waals surface area (Å²) in [4.78, 5) is 8.36. The molecule has 0 atom stereocenters. The summed E-state index contributed by atoms with van der Waals surface area (Å²) < 4.78 is 1.90. The first-order chi connectivity index (χ1) is 6.49. The van der Waals surface area contributed by atoms with Crippen LogP contribution in [0.3, 0.4) is 0 Å². The van der Waals surface area contributed by atoms with E-state index in [4.69, 9.17) is 21.2 Å². The molecule has 78 valence electrons. The predicted molar refractivity (Wildman–Crippen MR) is 58.4 cm³/mol. The van der Waals surface area contributed by atoms with Gasteiger partial charge in [0.1, 0.15) is 0 Å². The summed E-state index contributed by atoms with van der Waals surface area (Å²) in [6.45, 7) is 0. The molecule has 0 spiro atoms. The van der Waals surface area contributed by atoms with Crippen LogP contribution in [0.5, 0.6) is 0 Å². The minimum absolute atomic E-state index is 0.863. The fourth-order valence-corrected chi connectivity index (χ4v) is 1.86. The second kappa shape index (κ2) is 6.57. The van der Waals surface area contributed by atoms with Crippen LogP contribution in [-0.4, -0.2) is 10.3 Å². The molecule has 0 bridgehead atoms. The van der Waals surface area contributed by atoms with E-state index < -0.39 is 5.09 Å². The molecule has 0 saturated carbocycles. The Kier molecular flexibility index (Phi) is 6.17. The third-order valence-electron chi connectivity index (χ3n) is 1.11. The van der Waals surface area contributed by atoms with E-state index in [1.807, 2.05) is 18.2 Å². The van der Waals surface area contributed by atoms with Gasteiger partial charge in [0.25, 0.3) is 5.09 Å². The normalized spacial score (nSPS) is 8.50. The molecule has 0 amide bonds. The number of hydrogen-bond donors (Lipinski definition) is 3. The zero-order valence-corrected chi connectivity index (χ0v) is 9.95. The van der Waals surface area contributed by atoms with Crippen molar-refractivity contribution in [1.29, 1.82) is 0 Å². The maximum Gasteiger partial charge on any atom is 0.291 e. The van der Waals surface area contributed by atoms with E-state index in [2.05, 4.69) is 37.3 Å². The zero-order valence-electron chi connectivity index (χ0n) is 6.78. The van der Waals surface area contributed by atoms with Crippen molar-refractivity contribution in [3.05, 3.63) is 37.3 Å². The first-order valence-corrected chi connectivity index (χ1v) is 4.81. The largest absolute Gasteiger partial charge is 0.328 e. The van der Waals surface area contributed by atoms with Gasteiger partial charge in [-0.2, -0.15) is 0 Å². The lowest BCUT2D eigenvalue weighted by atomic mass is 10.3. The molecule has 0 aliphatic carbocycles. The summed E-state index contributed by atoms with van der Waals surface area (Å²) in [5.74, 6) is 5.24. The number of anilines is 1. The van der Waals surface area contributed by atoms with Crippen molar-refractivity contribution < 1.29 is 10.3 Å². The van der Waals surface area contributed by atoms with Crippen LogP contribution in [0.2, 0.25) is 0 Å². The van der Waals surface area contributed by atoms with Crippen molar-refractivity contribution in [2.75, 3.05) is 5.43 Å². The van der Waals surface area contributed by atoms with Gasteiger partial charge in [-0.3, -0.25) is 5.84 Å². The maximum absolute atomic E-state index is 8.36. The molecular weight excluding hydrogens is 322 g/mol. The van der Waals surface area contributed by atoms with Crippen LogP contribution in [-0.2, 0) is 0 Å². The molecule has 0 aliphatic heterocycles. The predicted octanol–water partition coefficient (Wildman–Crippen LogP) is 2.15. The first-order valence-electron chi connectivity index (χ1n) is 3.23. The molecule has 0 fully saturated rings. The number of hydrazine groups is 1. The third-order valence-corrected chi connectivity index (χ3v) is 2.43. The number of nitrogens with zero attached hydrogens (tertiary/aromatic N) is 1. The maximum atomic E-state index is 8.36. The molecule has 0 radical (unpaired) electrons. The molecule has 6 nitrogen and oxygen atoms in total. The molecule has 0 aliphatic rings. The van der Waals surface area contributed by atoms with E-state index in [-0.39, 0.29) is 0 Å². The number of nitrogen functional groups attached to an aromatic ring is 1. The van der Waals surface area contributed by atoms with Gasteiger partial charge in [-0.15, -0.1) is 10.1 Å². The number of hydrogen-bond acceptors (Lipinski definition) is 4. The zero-order chi connectivity index (χ0) is 11.1. The average molecular weight is 329 g/mol. The van der Waals surface area contributed by atoms with Crippen molar-refractivity contribution in [2.45, 2.75) is 0 Å². The van der Waals surface area contributed by atoms with Crippen molar-refractivity contribution >= 4 is 37.5 Å². The monoisotopic (exact) mass is 327 g/mol. The molecule has 4 N–H and O–H groups in total. The highest BCUT2D eigenvalue weighted by molar-refractivity contribution is 9.11. The van der Waals surface area contributed by atoms with Crippen LogP contribution >= 0.6 is 31.9 Å². The van der Waals surface area contributed by atoms with E-state index in [0.717, 1.165) is 14.6 Å². The minimum Gasteiger partial charge on any atom is -0.328 e. The van der Waals surface area contributed by atoms with E-state index in [0.29, 0.717) is 0 Å². The molecule has 14 heavy (non-hydrogen) atoms. The number of halogens is 2. The third kappa shape index (κ3) is 5.00. The van der Waals surface area contributed by atoms with Gasteiger partial charge in [-0.25, -0.2) is 0 Å². The lowest BCUT2D eigenvalue weighted by Crippen LogP contribution is -2.07. The number of rotatable bonds is 1. The fourth-order valence-electron chi connectivity index (χ4n) is 0.636. The molecule has 0 unspecified atom stereocenters. The molecular formula is C6H7Br2N3O3. The van der Waals surface area contributed by atoms with Crippen molar-refractivity contribution in [2.24, 2.45) is 5.84 Å². The van der Waals surface area contributed by atoms with Gasteiger partial charge in [0.2, 0.25) is 0 Å². The van der Waals surface area contributed by atoms with Crippen LogP contribution in [0.4, 0.5) is 5.69 Å². The fraction of sp³-hybridized carbons (Fsp3) is 0. The molecule has 1 aromatic carbocycles. The number of nitrogens with two attached hydrogens (primary N) is 1. The number of benzene rings is 1. The van der Waals surface area contributed by atoms with Crippen LogP contribution < -0.4 is 11.3 Å². The van der Waals surface area contributed by atoms with Gasteiger partial charge in [0.15, 0.2) is 0 Å². The molecule has 8 heteroatoms. The Morgan fingerprint density at radius 3 is 2.00 bits per heavy atom. The summed E-state index contributed by atoms with van der Waals surface area (Å²) in [5, 5.41) is 13.6. The van der Waals surface area contributed by atoms with E-state index in [9.17, 15) is 0 Å². The van der Waals surface area contributed by atoms with Crippen molar-refractivity contribution in [1.82, 2.24) is 0 Å². The van der Waals surface area contributed by atoms with Gasteiger partial charge < -0.3 is 10.6 Å². The molecule has 1 aromatic rings. The van der Waals surface area contributed by atoms with Gasteiger partial charge in [0.05, 0.1) is 5.69 Å². The summed E-state index contributed by atoms with van der Waals surface area (Å²) in [7, 11) is 0. The smallest absolute Gasteiger partial charge is 0.291 e. The number of para-hydroxylation sites is 1. The molecule has 0 aromatic heterocycles. The van der Waals surface area contributed by atoms with Crippen LogP contribution in [0.1, 0.15) is 0 Å². The van der Waals surface area contributed by atoms with E-state index >= 15 is 0 Å². The summed E-state index contributed by atoms with van der Waals surface area (Å²) in [6, 6.07) is 5.76. The Balaban J connectivity index is 0.000000364. The first kappa shape index (κ1) is 13.1. The summed E-state index contributed by atoms with van der Waals surface area (Å²) in [5.41, 5.74) is 3.43. The molecule has 1 rings (SSSR count).